The van der Waals surface area contributed by atoms with E-state index < -0.39 is 0 Å². The number of aromatic nitrogens is 3. The van der Waals surface area contributed by atoms with Crippen LogP contribution in [-0.2, 0) is 17.3 Å². The Morgan fingerprint density at radius 3 is 2.15 bits per heavy atom. The van der Waals surface area contributed by atoms with E-state index in [9.17, 15) is 4.79 Å². The minimum Gasteiger partial charge on any atom is -0.351 e. The molecule has 0 aliphatic rings. The average Bonchev–Trinajstić information content (AvgIpc) is 2.86. The Bertz CT molecular complexity index is 767. The molecule has 5 nitrogen and oxygen atoms in total. The smallest absolute Gasteiger partial charge is 0.233 e. The highest BCUT2D eigenvalue weighted by Crippen LogP contribution is 2.28. The third kappa shape index (κ3) is 5.10. The van der Waals surface area contributed by atoms with Crippen molar-refractivity contribution in [2.45, 2.75) is 69.8 Å². The molecule has 1 heterocycles. The van der Waals surface area contributed by atoms with E-state index in [1.165, 1.54) is 17.3 Å². The lowest BCUT2D eigenvalue weighted by molar-refractivity contribution is -0.121. The molecule has 1 amide bonds. The maximum Gasteiger partial charge on any atom is 0.233 e. The van der Waals surface area contributed by atoms with Gasteiger partial charge in [-0.05, 0) is 38.7 Å². The van der Waals surface area contributed by atoms with Gasteiger partial charge in [0.25, 0.3) is 0 Å². The summed E-state index contributed by atoms with van der Waals surface area (Å²) in [6, 6.07) is 8.43. The summed E-state index contributed by atoms with van der Waals surface area (Å²) in [5.74, 6) is 0.804. The van der Waals surface area contributed by atoms with Crippen LogP contribution >= 0.6 is 11.8 Å². The molecular formula is C20H30N4OS. The number of rotatable bonds is 4. The van der Waals surface area contributed by atoms with Gasteiger partial charge < -0.3 is 9.88 Å². The van der Waals surface area contributed by atoms with Crippen LogP contribution in [0.4, 0.5) is 0 Å². The number of amides is 1. The van der Waals surface area contributed by atoms with Gasteiger partial charge in [0.1, 0.15) is 0 Å². The van der Waals surface area contributed by atoms with Crippen LogP contribution in [0.2, 0.25) is 0 Å². The molecule has 26 heavy (non-hydrogen) atoms. The van der Waals surface area contributed by atoms with Gasteiger partial charge in [-0.15, -0.1) is 10.2 Å². The van der Waals surface area contributed by atoms with Gasteiger partial charge in [0.05, 0.1) is 5.25 Å². The molecule has 0 aliphatic carbocycles. The molecule has 142 valence electrons. The van der Waals surface area contributed by atoms with E-state index in [0.717, 1.165) is 16.5 Å². The summed E-state index contributed by atoms with van der Waals surface area (Å²) in [7, 11) is 1.93. The molecule has 0 saturated heterocycles. The Labute approximate surface area is 161 Å². The molecule has 2 aromatic rings. The molecule has 0 spiro atoms. The summed E-state index contributed by atoms with van der Waals surface area (Å²) in [5.41, 5.74) is 2.18. The summed E-state index contributed by atoms with van der Waals surface area (Å²) in [6.45, 7) is 14.4. The van der Waals surface area contributed by atoms with Gasteiger partial charge in [0.15, 0.2) is 11.0 Å². The number of nitrogens with zero attached hydrogens (tertiary/aromatic N) is 3. The Kier molecular flexibility index (Phi) is 5.85. The van der Waals surface area contributed by atoms with Crippen LogP contribution in [0.25, 0.3) is 11.4 Å². The van der Waals surface area contributed by atoms with Crippen LogP contribution in [0.3, 0.4) is 0 Å². The summed E-state index contributed by atoms with van der Waals surface area (Å²) in [4.78, 5) is 12.3. The number of nitrogens with one attached hydrogen (secondary N) is 1. The van der Waals surface area contributed by atoms with E-state index in [2.05, 4.69) is 60.6 Å². The summed E-state index contributed by atoms with van der Waals surface area (Å²) < 4.78 is 1.94. The first-order valence-corrected chi connectivity index (χ1v) is 9.75. The van der Waals surface area contributed by atoms with E-state index in [4.69, 9.17) is 0 Å². The quantitative estimate of drug-likeness (QED) is 0.816. The van der Waals surface area contributed by atoms with E-state index in [1.807, 2.05) is 39.3 Å². The molecule has 0 fully saturated rings. The summed E-state index contributed by atoms with van der Waals surface area (Å²) in [5, 5.41) is 12.1. The molecule has 1 N–H and O–H groups in total. The highest BCUT2D eigenvalue weighted by molar-refractivity contribution is 8.00. The van der Waals surface area contributed by atoms with Crippen molar-refractivity contribution >= 4 is 17.7 Å². The number of hydrogen-bond donors (Lipinski definition) is 1. The molecular weight excluding hydrogens is 344 g/mol. The van der Waals surface area contributed by atoms with Crippen molar-refractivity contribution in [1.29, 1.82) is 0 Å². The maximum absolute atomic E-state index is 12.3. The second-order valence-corrected chi connectivity index (χ2v) is 10.00. The van der Waals surface area contributed by atoms with E-state index in [1.54, 1.807) is 0 Å². The molecule has 0 saturated carbocycles. The lowest BCUT2D eigenvalue weighted by Gasteiger charge is -2.22. The van der Waals surface area contributed by atoms with E-state index in [-0.39, 0.29) is 22.1 Å². The fourth-order valence-corrected chi connectivity index (χ4v) is 3.29. The SMILES string of the molecule is C[C@H](Sc1nnc(-c2ccc(C(C)(C)C)cc2)n1C)C(=O)NC(C)(C)C. The second kappa shape index (κ2) is 7.43. The normalized spacial score (nSPS) is 13.5. The first kappa shape index (κ1) is 20.5. The number of carbonyl (C=O) groups is 1. The summed E-state index contributed by atoms with van der Waals surface area (Å²) in [6.07, 6.45) is 0. The van der Waals surface area contributed by atoms with Crippen molar-refractivity contribution < 1.29 is 4.79 Å². The third-order valence-corrected chi connectivity index (χ3v) is 5.13. The molecule has 0 bridgehead atoms. The van der Waals surface area contributed by atoms with Gasteiger partial charge in [-0.1, -0.05) is 56.8 Å². The molecule has 2 rings (SSSR count). The minimum atomic E-state index is -0.244. The van der Waals surface area contributed by atoms with Crippen LogP contribution in [0.1, 0.15) is 54.0 Å². The van der Waals surface area contributed by atoms with Gasteiger partial charge in [0.2, 0.25) is 5.91 Å². The molecule has 1 aromatic carbocycles. The van der Waals surface area contributed by atoms with Crippen LogP contribution in [0.15, 0.2) is 29.4 Å². The molecule has 0 unspecified atom stereocenters. The van der Waals surface area contributed by atoms with E-state index in [0.29, 0.717) is 0 Å². The number of thioether (sulfide) groups is 1. The standard InChI is InChI=1S/C20H30N4OS/c1-13(17(25)21-20(5,6)7)26-18-23-22-16(24(18)8)14-9-11-15(12-10-14)19(2,3)4/h9-13H,1-8H3,(H,21,25)/t13-/m0/s1. The average molecular weight is 375 g/mol. The third-order valence-electron chi connectivity index (χ3n) is 3.99. The predicted octanol–water partition coefficient (Wildman–Crippen LogP) is 4.17. The molecule has 1 atom stereocenters. The van der Waals surface area contributed by atoms with Crippen LogP contribution < -0.4 is 5.32 Å². The Hall–Kier alpha value is -1.82. The van der Waals surface area contributed by atoms with Gasteiger partial charge in [-0.25, -0.2) is 0 Å². The monoisotopic (exact) mass is 374 g/mol. The lowest BCUT2D eigenvalue weighted by atomic mass is 9.87. The van der Waals surface area contributed by atoms with Crippen LogP contribution in [0, 0.1) is 0 Å². The number of benzene rings is 1. The predicted molar refractivity (Wildman–Crippen MR) is 108 cm³/mol. The Balaban J connectivity index is 2.16. The van der Waals surface area contributed by atoms with Gasteiger partial charge >= 0.3 is 0 Å². The molecule has 0 radical (unpaired) electrons. The molecule has 0 aliphatic heterocycles. The van der Waals surface area contributed by atoms with Crippen molar-refractivity contribution in [1.82, 2.24) is 20.1 Å². The van der Waals surface area contributed by atoms with Gasteiger partial charge in [-0.3, -0.25) is 4.79 Å². The van der Waals surface area contributed by atoms with Gasteiger partial charge in [0, 0.05) is 18.2 Å². The fourth-order valence-electron chi connectivity index (χ4n) is 2.47. The van der Waals surface area contributed by atoms with Crippen LogP contribution in [-0.4, -0.2) is 31.5 Å². The highest BCUT2D eigenvalue weighted by Gasteiger charge is 2.23. The lowest BCUT2D eigenvalue weighted by Crippen LogP contribution is -2.44. The molecule has 6 heteroatoms. The fraction of sp³-hybridized carbons (Fsp3) is 0.550. The number of hydrogen-bond acceptors (Lipinski definition) is 4. The second-order valence-electron chi connectivity index (χ2n) is 8.69. The maximum atomic E-state index is 12.3. The first-order chi connectivity index (χ1) is 11.9. The topological polar surface area (TPSA) is 59.8 Å². The zero-order valence-corrected chi connectivity index (χ0v) is 17.9. The minimum absolute atomic E-state index is 0.00146. The largest absolute Gasteiger partial charge is 0.351 e. The number of carbonyl (C=O) groups excluding carboxylic acids is 1. The van der Waals surface area contributed by atoms with Crippen molar-refractivity contribution in [3.8, 4) is 11.4 Å². The van der Waals surface area contributed by atoms with Crippen molar-refractivity contribution in [2.24, 2.45) is 7.05 Å². The Morgan fingerprint density at radius 1 is 1.08 bits per heavy atom. The molecule has 1 aromatic heterocycles. The van der Waals surface area contributed by atoms with Crippen LogP contribution in [0.5, 0.6) is 0 Å². The highest BCUT2D eigenvalue weighted by atomic mass is 32.2. The Morgan fingerprint density at radius 2 is 1.65 bits per heavy atom. The van der Waals surface area contributed by atoms with Crippen molar-refractivity contribution in [2.75, 3.05) is 0 Å². The van der Waals surface area contributed by atoms with E-state index >= 15 is 0 Å². The zero-order chi connectivity index (χ0) is 19.7. The summed E-state index contributed by atoms with van der Waals surface area (Å²) >= 11 is 1.42. The van der Waals surface area contributed by atoms with Gasteiger partial charge in [-0.2, -0.15) is 0 Å². The van der Waals surface area contributed by atoms with Crippen molar-refractivity contribution in [3.63, 3.8) is 0 Å². The first-order valence-electron chi connectivity index (χ1n) is 8.87. The van der Waals surface area contributed by atoms with Crippen molar-refractivity contribution in [3.05, 3.63) is 29.8 Å². The zero-order valence-electron chi connectivity index (χ0n) is 17.0.